The van der Waals surface area contributed by atoms with Gasteiger partial charge in [-0.2, -0.15) is 0 Å². The summed E-state index contributed by atoms with van der Waals surface area (Å²) in [5.74, 6) is 1.74. The molecule has 6 aromatic carbocycles. The van der Waals surface area contributed by atoms with Crippen molar-refractivity contribution in [3.05, 3.63) is 144 Å². The molecule has 0 aliphatic carbocycles. The molecule has 4 heterocycles. The van der Waals surface area contributed by atoms with Crippen LogP contribution in [0.4, 0.5) is 0 Å². The number of fused-ring (bicyclic) bond motifs is 5. The van der Waals surface area contributed by atoms with Gasteiger partial charge in [-0.25, -0.2) is 0 Å². The first-order valence-electron chi connectivity index (χ1n) is 15.3. The molecular formula is C42H24O2S2. The fourth-order valence-corrected chi connectivity index (χ4v) is 8.19. The Morgan fingerprint density at radius 2 is 0.717 bits per heavy atom. The topological polar surface area (TPSA) is 26.3 Å². The maximum absolute atomic E-state index is 6.39. The predicted molar refractivity (Wildman–Crippen MR) is 196 cm³/mol. The monoisotopic (exact) mass is 624 g/mol. The first kappa shape index (κ1) is 25.9. The molecular weight excluding hydrogens is 601 g/mol. The highest BCUT2D eigenvalue weighted by atomic mass is 32.1. The first-order valence-corrected chi connectivity index (χ1v) is 17.0. The van der Waals surface area contributed by atoms with Crippen molar-refractivity contribution in [2.75, 3.05) is 0 Å². The van der Waals surface area contributed by atoms with Gasteiger partial charge in [0.1, 0.15) is 22.7 Å². The summed E-state index contributed by atoms with van der Waals surface area (Å²) < 4.78 is 15.4. The van der Waals surface area contributed by atoms with E-state index >= 15 is 0 Å². The summed E-state index contributed by atoms with van der Waals surface area (Å²) >= 11 is 3.56. The average Bonchev–Trinajstić information content (AvgIpc) is 3.91. The minimum Gasteiger partial charge on any atom is -0.456 e. The van der Waals surface area contributed by atoms with Gasteiger partial charge in [0.25, 0.3) is 0 Å². The van der Waals surface area contributed by atoms with Crippen LogP contribution < -0.4 is 0 Å². The average molecular weight is 625 g/mol. The fourth-order valence-electron chi connectivity index (χ4n) is 6.53. The van der Waals surface area contributed by atoms with E-state index in [9.17, 15) is 0 Å². The van der Waals surface area contributed by atoms with Gasteiger partial charge in [-0.1, -0.05) is 72.8 Å². The summed E-state index contributed by atoms with van der Waals surface area (Å²) in [5, 5.41) is 11.3. The molecule has 10 aromatic rings. The molecule has 10 rings (SSSR count). The normalized spacial score (nSPS) is 11.9. The molecule has 0 amide bonds. The largest absolute Gasteiger partial charge is 0.456 e. The molecule has 0 spiro atoms. The van der Waals surface area contributed by atoms with Crippen LogP contribution >= 0.6 is 22.7 Å². The van der Waals surface area contributed by atoms with Gasteiger partial charge in [-0.3, -0.25) is 0 Å². The van der Waals surface area contributed by atoms with Crippen molar-refractivity contribution in [1.29, 1.82) is 0 Å². The summed E-state index contributed by atoms with van der Waals surface area (Å²) in [7, 11) is 0. The molecule has 46 heavy (non-hydrogen) atoms. The quantitative estimate of drug-likeness (QED) is 0.195. The van der Waals surface area contributed by atoms with Crippen molar-refractivity contribution in [3.8, 4) is 44.9 Å². The van der Waals surface area contributed by atoms with Gasteiger partial charge < -0.3 is 8.83 Å². The van der Waals surface area contributed by atoms with Crippen molar-refractivity contribution >= 4 is 75.6 Å². The van der Waals surface area contributed by atoms with Gasteiger partial charge in [-0.05, 0) is 115 Å². The van der Waals surface area contributed by atoms with Gasteiger partial charge >= 0.3 is 0 Å². The van der Waals surface area contributed by atoms with Gasteiger partial charge in [0.15, 0.2) is 0 Å². The fraction of sp³-hybridized carbons (Fsp3) is 0. The molecule has 0 aliphatic heterocycles. The highest BCUT2D eigenvalue weighted by Gasteiger charge is 2.12. The number of hydrogen-bond acceptors (Lipinski definition) is 4. The van der Waals surface area contributed by atoms with Crippen molar-refractivity contribution in [2.45, 2.75) is 0 Å². The van der Waals surface area contributed by atoms with Crippen LogP contribution in [0.3, 0.4) is 0 Å². The van der Waals surface area contributed by atoms with E-state index in [1.807, 2.05) is 0 Å². The van der Waals surface area contributed by atoms with Crippen LogP contribution in [-0.2, 0) is 0 Å². The molecule has 4 aromatic heterocycles. The van der Waals surface area contributed by atoms with Gasteiger partial charge in [0.2, 0.25) is 0 Å². The lowest BCUT2D eigenvalue weighted by molar-refractivity contribution is 0.631. The van der Waals surface area contributed by atoms with E-state index in [2.05, 4.69) is 144 Å². The van der Waals surface area contributed by atoms with E-state index in [-0.39, 0.29) is 0 Å². The molecule has 216 valence electrons. The number of furan rings is 2. The second-order valence-electron chi connectivity index (χ2n) is 11.8. The summed E-state index contributed by atoms with van der Waals surface area (Å²) in [6, 6.07) is 47.9. The van der Waals surface area contributed by atoms with Crippen LogP contribution in [0.1, 0.15) is 0 Å². The Kier molecular flexibility index (Phi) is 5.65. The Bertz CT molecular complexity index is 2480. The Balaban J connectivity index is 0.947. The van der Waals surface area contributed by atoms with Crippen LogP contribution in [0, 0.1) is 0 Å². The molecule has 0 saturated carbocycles. The highest BCUT2D eigenvalue weighted by Crippen LogP contribution is 2.37. The van der Waals surface area contributed by atoms with E-state index in [1.165, 1.54) is 42.4 Å². The van der Waals surface area contributed by atoms with E-state index in [0.717, 1.165) is 55.4 Å². The maximum Gasteiger partial charge on any atom is 0.135 e. The molecule has 0 N–H and O–H groups in total. The third kappa shape index (κ3) is 4.30. The SMILES string of the molecule is c1cc2ccc(-c3ccc(-c4cc5cc6cc7oc(-c8ccc(-c9ccc%10ccsc%10c9)cc8)cc7cc6cc5o4)cc3)cc2s1. The smallest absolute Gasteiger partial charge is 0.135 e. The minimum absolute atomic E-state index is 0.871. The standard InChI is InChI=1S/C42H24O2S2/c1-5-27(6-2-25(1)31-11-9-29-13-15-45-41(29)23-31)37-21-35-17-33-20-40-36(18-34(33)19-39(35)43-37)22-38(44-40)28-7-3-26(4-8-28)32-12-10-30-14-16-46-42(30)24-32/h1-24H. The van der Waals surface area contributed by atoms with Gasteiger partial charge in [0.05, 0.1) is 0 Å². The summed E-state index contributed by atoms with van der Waals surface area (Å²) in [4.78, 5) is 0. The van der Waals surface area contributed by atoms with E-state index in [1.54, 1.807) is 22.7 Å². The Hall–Kier alpha value is -5.42. The van der Waals surface area contributed by atoms with Crippen LogP contribution in [0.25, 0.3) is 97.8 Å². The van der Waals surface area contributed by atoms with Crippen molar-refractivity contribution in [1.82, 2.24) is 0 Å². The molecule has 0 bridgehead atoms. The molecule has 0 saturated heterocycles. The molecule has 0 fully saturated rings. The minimum atomic E-state index is 0.871. The van der Waals surface area contributed by atoms with E-state index in [4.69, 9.17) is 8.83 Å². The molecule has 0 radical (unpaired) electrons. The van der Waals surface area contributed by atoms with E-state index < -0.39 is 0 Å². The maximum atomic E-state index is 6.39. The molecule has 0 atom stereocenters. The predicted octanol–water partition coefficient (Wildman–Crippen LogP) is 13.4. The lowest BCUT2D eigenvalue weighted by atomic mass is 10.0. The molecule has 4 heteroatoms. The van der Waals surface area contributed by atoms with Crippen molar-refractivity contribution < 1.29 is 8.83 Å². The number of hydrogen-bond donors (Lipinski definition) is 0. The number of thiophene rings is 2. The number of benzene rings is 6. The molecule has 0 aliphatic rings. The zero-order valence-electron chi connectivity index (χ0n) is 24.5. The zero-order chi connectivity index (χ0) is 30.2. The van der Waals surface area contributed by atoms with E-state index in [0.29, 0.717) is 0 Å². The lowest BCUT2D eigenvalue weighted by Crippen LogP contribution is -1.78. The lowest BCUT2D eigenvalue weighted by Gasteiger charge is -2.03. The number of rotatable bonds is 4. The second-order valence-corrected chi connectivity index (χ2v) is 13.7. The molecule has 0 unspecified atom stereocenters. The van der Waals surface area contributed by atoms with Crippen LogP contribution in [0.2, 0.25) is 0 Å². The first-order chi connectivity index (χ1) is 22.7. The Morgan fingerprint density at radius 3 is 1.17 bits per heavy atom. The Morgan fingerprint density at radius 1 is 0.304 bits per heavy atom. The third-order valence-electron chi connectivity index (χ3n) is 9.03. The Labute approximate surface area is 272 Å². The van der Waals surface area contributed by atoms with Crippen LogP contribution in [-0.4, -0.2) is 0 Å². The summed E-state index contributed by atoms with van der Waals surface area (Å²) in [6.45, 7) is 0. The highest BCUT2D eigenvalue weighted by molar-refractivity contribution is 7.17. The van der Waals surface area contributed by atoms with Gasteiger partial charge in [-0.15, -0.1) is 22.7 Å². The summed E-state index contributed by atoms with van der Waals surface area (Å²) in [5.41, 5.74) is 8.77. The van der Waals surface area contributed by atoms with Crippen molar-refractivity contribution in [3.63, 3.8) is 0 Å². The molecule has 2 nitrogen and oxygen atoms in total. The zero-order valence-corrected chi connectivity index (χ0v) is 26.1. The second kappa shape index (κ2) is 10.0. The van der Waals surface area contributed by atoms with Crippen LogP contribution in [0.15, 0.2) is 153 Å². The third-order valence-corrected chi connectivity index (χ3v) is 10.8. The van der Waals surface area contributed by atoms with Gasteiger partial charge in [0, 0.05) is 31.3 Å². The summed E-state index contributed by atoms with van der Waals surface area (Å²) in [6.07, 6.45) is 0. The van der Waals surface area contributed by atoms with Crippen LogP contribution in [0.5, 0.6) is 0 Å². The van der Waals surface area contributed by atoms with Crippen molar-refractivity contribution in [2.24, 2.45) is 0 Å².